The van der Waals surface area contributed by atoms with Crippen LogP contribution in [0, 0.1) is 0 Å². The first-order valence-electron chi connectivity index (χ1n) is 15.4. The second kappa shape index (κ2) is 11.9. The molecule has 0 atom stereocenters. The zero-order valence-corrected chi connectivity index (χ0v) is 25.2. The third-order valence-corrected chi connectivity index (χ3v) is 9.19. The van der Waals surface area contributed by atoms with Gasteiger partial charge in [0.2, 0.25) is 0 Å². The summed E-state index contributed by atoms with van der Waals surface area (Å²) in [6.45, 7) is 2.46. The van der Waals surface area contributed by atoms with Crippen LogP contribution in [0.4, 0.5) is 9.59 Å². The first kappa shape index (κ1) is 29.4. The Kier molecular flexibility index (Phi) is 7.59. The predicted octanol–water partition coefficient (Wildman–Crippen LogP) is 3.51. The lowest BCUT2D eigenvalue weighted by Crippen LogP contribution is -2.54. The Hall–Kier alpha value is -5.32. The highest BCUT2D eigenvalue weighted by atomic mass is 16.2. The van der Waals surface area contributed by atoms with Gasteiger partial charge in [0.05, 0.1) is 13.3 Å². The van der Waals surface area contributed by atoms with E-state index in [1.807, 2.05) is 131 Å². The van der Waals surface area contributed by atoms with E-state index in [2.05, 4.69) is 10.6 Å². The molecule has 0 aliphatic carbocycles. The Labute approximate surface area is 267 Å². The third-order valence-electron chi connectivity index (χ3n) is 9.19. The largest absolute Gasteiger partial charge is 0.326 e. The minimum absolute atomic E-state index is 0.133. The molecule has 0 bridgehead atoms. The third kappa shape index (κ3) is 4.83. The SMILES string of the molecule is O=C1NC(c2ccccc2)(c2ccccc2)C(=O)N1CN1CCN(CN2C(=O)NC(c3ccccc3)(c3ccccc3)C2=O)CC1. The maximum atomic E-state index is 14.1. The van der Waals surface area contributed by atoms with Crippen molar-refractivity contribution in [1.82, 2.24) is 30.2 Å². The molecule has 10 heteroatoms. The van der Waals surface area contributed by atoms with Crippen molar-refractivity contribution in [2.75, 3.05) is 39.5 Å². The van der Waals surface area contributed by atoms with Crippen molar-refractivity contribution in [3.63, 3.8) is 0 Å². The zero-order valence-electron chi connectivity index (χ0n) is 25.2. The highest BCUT2D eigenvalue weighted by Crippen LogP contribution is 2.37. The molecule has 0 unspecified atom stereocenters. The van der Waals surface area contributed by atoms with E-state index in [1.165, 1.54) is 9.80 Å². The summed E-state index contributed by atoms with van der Waals surface area (Å²) in [5, 5.41) is 6.01. The quantitative estimate of drug-likeness (QED) is 0.295. The Balaban J connectivity index is 1.04. The van der Waals surface area contributed by atoms with Crippen molar-refractivity contribution in [3.05, 3.63) is 144 Å². The van der Waals surface area contributed by atoms with Gasteiger partial charge in [-0.25, -0.2) is 19.4 Å². The van der Waals surface area contributed by atoms with Gasteiger partial charge in [0, 0.05) is 26.2 Å². The molecule has 3 aliphatic rings. The summed E-state index contributed by atoms with van der Waals surface area (Å²) in [6, 6.07) is 36.3. The van der Waals surface area contributed by atoms with Crippen molar-refractivity contribution in [3.8, 4) is 0 Å². The van der Waals surface area contributed by atoms with Crippen LogP contribution in [0.2, 0.25) is 0 Å². The van der Waals surface area contributed by atoms with Gasteiger partial charge >= 0.3 is 12.1 Å². The van der Waals surface area contributed by atoms with Crippen LogP contribution in [-0.2, 0) is 20.7 Å². The number of benzene rings is 4. The molecule has 4 aromatic rings. The Morgan fingerprint density at radius 3 is 0.957 bits per heavy atom. The van der Waals surface area contributed by atoms with Crippen LogP contribution in [0.3, 0.4) is 0 Å². The van der Waals surface area contributed by atoms with Crippen LogP contribution in [-0.4, -0.2) is 83.0 Å². The molecule has 2 N–H and O–H groups in total. The first-order valence-corrected chi connectivity index (χ1v) is 15.4. The standard InChI is InChI=1S/C36H34N6O4/c43-31-35(27-13-5-1-6-14-27,28-15-7-2-8-16-28)37-33(45)41(31)25-39-21-23-40(24-22-39)26-42-32(44)36(38-34(42)46,29-17-9-3-10-18-29)30-19-11-4-12-20-30/h1-20H,21-26H2,(H,37,45)(H,38,46). The van der Waals surface area contributed by atoms with E-state index < -0.39 is 23.1 Å². The number of rotatable bonds is 8. The molecular formula is C36H34N6O4. The average Bonchev–Trinajstić information content (AvgIpc) is 3.52. The number of urea groups is 2. The minimum Gasteiger partial charge on any atom is -0.315 e. The Morgan fingerprint density at radius 1 is 0.435 bits per heavy atom. The smallest absolute Gasteiger partial charge is 0.315 e. The molecule has 7 rings (SSSR count). The van der Waals surface area contributed by atoms with Gasteiger partial charge in [-0.2, -0.15) is 0 Å². The normalized spacial score (nSPS) is 19.7. The summed E-state index contributed by atoms with van der Waals surface area (Å²) < 4.78 is 0. The van der Waals surface area contributed by atoms with Gasteiger partial charge < -0.3 is 10.6 Å². The number of carbonyl (C=O) groups excluding carboxylic acids is 4. The van der Waals surface area contributed by atoms with Crippen LogP contribution in [0.5, 0.6) is 0 Å². The van der Waals surface area contributed by atoms with Crippen LogP contribution in [0.1, 0.15) is 22.3 Å². The molecule has 46 heavy (non-hydrogen) atoms. The number of carbonyl (C=O) groups is 4. The molecule has 3 heterocycles. The lowest BCUT2D eigenvalue weighted by Gasteiger charge is -2.37. The molecule has 0 saturated carbocycles. The Morgan fingerprint density at radius 2 is 0.696 bits per heavy atom. The lowest BCUT2D eigenvalue weighted by molar-refractivity contribution is -0.133. The number of nitrogens with zero attached hydrogens (tertiary/aromatic N) is 4. The molecule has 0 aromatic heterocycles. The van der Waals surface area contributed by atoms with Gasteiger partial charge in [-0.1, -0.05) is 121 Å². The zero-order chi connectivity index (χ0) is 31.7. The highest BCUT2D eigenvalue weighted by molar-refractivity contribution is 6.10. The van der Waals surface area contributed by atoms with Crippen LogP contribution >= 0.6 is 0 Å². The first-order chi connectivity index (χ1) is 22.4. The molecular weight excluding hydrogens is 580 g/mol. The van der Waals surface area contributed by atoms with Gasteiger partial charge in [-0.15, -0.1) is 0 Å². The maximum Gasteiger partial charge on any atom is 0.326 e. The number of imide groups is 2. The summed E-state index contributed by atoms with van der Waals surface area (Å²) in [4.78, 5) is 61.5. The van der Waals surface area contributed by atoms with Crippen molar-refractivity contribution in [2.24, 2.45) is 0 Å². The maximum absolute atomic E-state index is 14.1. The predicted molar refractivity (Wildman–Crippen MR) is 171 cm³/mol. The number of hydrogen-bond acceptors (Lipinski definition) is 6. The van der Waals surface area contributed by atoms with Gasteiger partial charge in [-0.05, 0) is 22.3 Å². The summed E-state index contributed by atoms with van der Waals surface area (Å²) in [5.74, 6) is -0.648. The molecule has 232 valence electrons. The van der Waals surface area contributed by atoms with Crippen LogP contribution in [0.25, 0.3) is 0 Å². The number of hydrogen-bond donors (Lipinski definition) is 2. The van der Waals surface area contributed by atoms with Crippen molar-refractivity contribution >= 4 is 23.9 Å². The van der Waals surface area contributed by atoms with E-state index in [9.17, 15) is 19.2 Å². The van der Waals surface area contributed by atoms with E-state index in [0.717, 1.165) is 0 Å². The molecule has 3 fully saturated rings. The van der Waals surface area contributed by atoms with E-state index in [4.69, 9.17) is 0 Å². The fourth-order valence-corrected chi connectivity index (χ4v) is 6.75. The minimum atomic E-state index is -1.31. The van der Waals surface area contributed by atoms with Gasteiger partial charge in [0.1, 0.15) is 0 Å². The lowest BCUT2D eigenvalue weighted by atomic mass is 9.83. The summed E-state index contributed by atoms with van der Waals surface area (Å²) in [5.41, 5.74) is 0.166. The van der Waals surface area contributed by atoms with Crippen molar-refractivity contribution in [2.45, 2.75) is 11.1 Å². The van der Waals surface area contributed by atoms with E-state index in [0.29, 0.717) is 48.4 Å². The fraction of sp³-hybridized carbons (Fsp3) is 0.222. The van der Waals surface area contributed by atoms with Gasteiger partial charge in [0.15, 0.2) is 11.1 Å². The average molecular weight is 615 g/mol. The van der Waals surface area contributed by atoms with E-state index in [-0.39, 0.29) is 25.2 Å². The van der Waals surface area contributed by atoms with Crippen LogP contribution < -0.4 is 10.6 Å². The summed E-state index contributed by atoms with van der Waals surface area (Å²) in [7, 11) is 0. The van der Waals surface area contributed by atoms with Gasteiger partial charge in [-0.3, -0.25) is 19.4 Å². The second-order valence-electron chi connectivity index (χ2n) is 11.8. The molecule has 0 radical (unpaired) electrons. The van der Waals surface area contributed by atoms with Crippen LogP contribution in [0.15, 0.2) is 121 Å². The summed E-state index contributed by atoms with van der Waals surface area (Å²) >= 11 is 0. The molecule has 4 aromatic carbocycles. The number of amides is 6. The highest BCUT2D eigenvalue weighted by Gasteiger charge is 2.55. The molecule has 3 aliphatic heterocycles. The van der Waals surface area contributed by atoms with Crippen molar-refractivity contribution in [1.29, 1.82) is 0 Å². The summed E-state index contributed by atoms with van der Waals surface area (Å²) in [6.07, 6.45) is 0. The van der Waals surface area contributed by atoms with Gasteiger partial charge in [0.25, 0.3) is 11.8 Å². The second-order valence-corrected chi connectivity index (χ2v) is 11.8. The van der Waals surface area contributed by atoms with E-state index >= 15 is 0 Å². The van der Waals surface area contributed by atoms with E-state index in [1.54, 1.807) is 0 Å². The number of nitrogens with one attached hydrogen (secondary N) is 2. The number of piperazine rings is 1. The Bertz CT molecular complexity index is 1530. The monoisotopic (exact) mass is 614 g/mol. The molecule has 6 amide bonds. The van der Waals surface area contributed by atoms with Crippen molar-refractivity contribution < 1.29 is 19.2 Å². The molecule has 10 nitrogen and oxygen atoms in total. The fourth-order valence-electron chi connectivity index (χ4n) is 6.75. The molecule has 3 saturated heterocycles. The topological polar surface area (TPSA) is 105 Å². The molecule has 0 spiro atoms.